The van der Waals surface area contributed by atoms with E-state index in [1.165, 1.54) is 29.7 Å². The smallest absolute Gasteiger partial charge is 0.263 e. The Bertz CT molecular complexity index is 1690. The van der Waals surface area contributed by atoms with Crippen molar-refractivity contribution in [1.82, 2.24) is 14.9 Å². The lowest BCUT2D eigenvalue weighted by atomic mass is 10.0. The van der Waals surface area contributed by atoms with Gasteiger partial charge in [0.15, 0.2) is 17.5 Å². The van der Waals surface area contributed by atoms with E-state index in [2.05, 4.69) is 15.6 Å². The van der Waals surface area contributed by atoms with Crippen molar-refractivity contribution in [1.29, 1.82) is 0 Å². The molecule has 0 unspecified atom stereocenters. The number of fused-ring (bicyclic) bond motifs is 1. The molecule has 0 bridgehead atoms. The molecule has 2 amide bonds. The van der Waals surface area contributed by atoms with Crippen molar-refractivity contribution in [3.63, 3.8) is 0 Å². The van der Waals surface area contributed by atoms with Crippen LogP contribution in [0.3, 0.4) is 0 Å². The topological polar surface area (TPSA) is 93.1 Å². The van der Waals surface area contributed by atoms with Crippen molar-refractivity contribution in [3.8, 4) is 0 Å². The van der Waals surface area contributed by atoms with E-state index >= 15 is 0 Å². The zero-order valence-electron chi connectivity index (χ0n) is 20.1. The average molecular weight is 549 g/mol. The number of pyridine rings is 1. The third kappa shape index (κ3) is 5.58. The molecular formula is C28H19F3N4O3S. The molecule has 0 radical (unpaired) electrons. The number of nitrogens with one attached hydrogen (secondary N) is 2. The number of anilines is 1. The van der Waals surface area contributed by atoms with Crippen molar-refractivity contribution in [2.24, 2.45) is 0 Å². The summed E-state index contributed by atoms with van der Waals surface area (Å²) >= 11 is 1.43. The van der Waals surface area contributed by atoms with Crippen molar-refractivity contribution < 1.29 is 22.8 Å². The van der Waals surface area contributed by atoms with Crippen LogP contribution in [0.1, 0.15) is 32.1 Å². The number of hydrogen-bond donors (Lipinski definition) is 2. The molecule has 7 nitrogen and oxygen atoms in total. The third-order valence-corrected chi connectivity index (χ3v) is 6.62. The van der Waals surface area contributed by atoms with Crippen LogP contribution in [0.4, 0.5) is 18.9 Å². The maximum Gasteiger partial charge on any atom is 0.263 e. The normalized spacial score (nSPS) is 13.6. The first kappa shape index (κ1) is 25.9. The van der Waals surface area contributed by atoms with E-state index < -0.39 is 28.9 Å². The molecule has 0 saturated carbocycles. The Hall–Kier alpha value is -4.77. The standard InChI is InChI=1S/C28H19F3N4O3S/c29-21-11-17(12-22(30)25(21)31)15-35-9-2-4-19(28(35)38)26(36)33-7-1-3-16-5-6-18-20(14-24-32-8-10-39-24)27(37)34-23(18)13-16/h1-6,8-14H,7,15H2,(H,33,36)(H,34,37). The molecule has 1 aliphatic heterocycles. The first-order valence-corrected chi connectivity index (χ1v) is 12.5. The van der Waals surface area contributed by atoms with Gasteiger partial charge in [-0.2, -0.15) is 0 Å². The van der Waals surface area contributed by atoms with Crippen LogP contribution in [0.25, 0.3) is 17.7 Å². The number of amides is 2. The van der Waals surface area contributed by atoms with Crippen LogP contribution in [0.2, 0.25) is 0 Å². The second-order valence-electron chi connectivity index (χ2n) is 8.53. The number of benzene rings is 2. The molecule has 4 aromatic rings. The van der Waals surface area contributed by atoms with Crippen molar-refractivity contribution in [3.05, 3.63) is 121 Å². The van der Waals surface area contributed by atoms with E-state index in [-0.39, 0.29) is 30.1 Å². The van der Waals surface area contributed by atoms with Crippen molar-refractivity contribution in [2.45, 2.75) is 6.54 Å². The number of halogens is 3. The van der Waals surface area contributed by atoms with Gasteiger partial charge in [0.05, 0.1) is 12.1 Å². The Kier molecular flexibility index (Phi) is 7.24. The minimum absolute atomic E-state index is 0.0327. The number of carbonyl (C=O) groups is 2. The average Bonchev–Trinajstić information content (AvgIpc) is 3.53. The van der Waals surface area contributed by atoms with Crippen LogP contribution in [-0.4, -0.2) is 27.9 Å². The van der Waals surface area contributed by atoms with E-state index in [0.717, 1.165) is 32.8 Å². The van der Waals surface area contributed by atoms with Gasteiger partial charge in [-0.1, -0.05) is 24.3 Å². The zero-order valence-corrected chi connectivity index (χ0v) is 20.9. The van der Waals surface area contributed by atoms with Crippen LogP contribution in [0, 0.1) is 17.5 Å². The van der Waals surface area contributed by atoms with E-state index in [4.69, 9.17) is 0 Å². The molecular weight excluding hydrogens is 529 g/mol. The highest BCUT2D eigenvalue weighted by atomic mass is 32.1. The first-order chi connectivity index (χ1) is 18.8. The van der Waals surface area contributed by atoms with Gasteiger partial charge in [0.25, 0.3) is 17.4 Å². The van der Waals surface area contributed by atoms with E-state index in [9.17, 15) is 27.6 Å². The molecule has 0 saturated heterocycles. The summed E-state index contributed by atoms with van der Waals surface area (Å²) in [7, 11) is 0. The Labute approximate surface area is 224 Å². The van der Waals surface area contributed by atoms with E-state index in [1.54, 1.807) is 24.4 Å². The molecule has 11 heteroatoms. The van der Waals surface area contributed by atoms with Gasteiger partial charge < -0.3 is 15.2 Å². The second-order valence-corrected chi connectivity index (χ2v) is 9.45. The number of carbonyl (C=O) groups excluding carboxylic acids is 2. The molecule has 0 aliphatic carbocycles. The number of nitrogens with zero attached hydrogens (tertiary/aromatic N) is 2. The predicted molar refractivity (Wildman–Crippen MR) is 143 cm³/mol. The maximum atomic E-state index is 13.5. The summed E-state index contributed by atoms with van der Waals surface area (Å²) in [5.74, 6) is -5.16. The summed E-state index contributed by atoms with van der Waals surface area (Å²) < 4.78 is 41.4. The molecule has 2 aromatic heterocycles. The molecule has 39 heavy (non-hydrogen) atoms. The van der Waals surface area contributed by atoms with Gasteiger partial charge in [0.1, 0.15) is 10.6 Å². The number of thiazole rings is 1. The molecule has 0 spiro atoms. The Morgan fingerprint density at radius 2 is 1.90 bits per heavy atom. The quantitative estimate of drug-likeness (QED) is 0.259. The molecule has 3 heterocycles. The van der Waals surface area contributed by atoms with E-state index in [1.807, 2.05) is 23.6 Å². The minimum atomic E-state index is -1.59. The van der Waals surface area contributed by atoms with Crippen LogP contribution in [0.15, 0.2) is 71.1 Å². The monoisotopic (exact) mass is 548 g/mol. The maximum absolute atomic E-state index is 13.5. The molecule has 0 fully saturated rings. The summed E-state index contributed by atoms with van der Waals surface area (Å²) in [5, 5.41) is 8.03. The van der Waals surface area contributed by atoms with Gasteiger partial charge in [0.2, 0.25) is 0 Å². The summed E-state index contributed by atoms with van der Waals surface area (Å²) in [6.07, 6.45) is 8.22. The van der Waals surface area contributed by atoms with Crippen molar-refractivity contribution in [2.75, 3.05) is 11.9 Å². The number of aromatic nitrogens is 2. The zero-order chi connectivity index (χ0) is 27.5. The Morgan fingerprint density at radius 3 is 2.64 bits per heavy atom. The van der Waals surface area contributed by atoms with Gasteiger partial charge in [-0.05, 0) is 47.5 Å². The Balaban J connectivity index is 1.23. The van der Waals surface area contributed by atoms with Gasteiger partial charge >= 0.3 is 0 Å². The molecule has 196 valence electrons. The lowest BCUT2D eigenvalue weighted by Gasteiger charge is -2.09. The van der Waals surface area contributed by atoms with Gasteiger partial charge in [-0.3, -0.25) is 14.4 Å². The van der Waals surface area contributed by atoms with Crippen molar-refractivity contribution >= 4 is 46.6 Å². The lowest BCUT2D eigenvalue weighted by molar-refractivity contribution is -0.110. The van der Waals surface area contributed by atoms with Crippen LogP contribution in [0.5, 0.6) is 0 Å². The van der Waals surface area contributed by atoms with Gasteiger partial charge in [0, 0.05) is 35.6 Å². The number of hydrogen-bond acceptors (Lipinski definition) is 5. The molecule has 2 aromatic carbocycles. The summed E-state index contributed by atoms with van der Waals surface area (Å²) in [5.41, 5.74) is 1.97. The molecule has 5 rings (SSSR count). The van der Waals surface area contributed by atoms with Crippen LogP contribution < -0.4 is 16.2 Å². The van der Waals surface area contributed by atoms with Crippen LogP contribution >= 0.6 is 11.3 Å². The number of rotatable bonds is 7. The summed E-state index contributed by atoms with van der Waals surface area (Å²) in [4.78, 5) is 41.9. The SMILES string of the molecule is O=C1Nc2cc(C=CCNC(=O)c3cccn(Cc4cc(F)c(F)c(F)c4)c3=O)ccc2C1=Cc1nccs1. The summed E-state index contributed by atoms with van der Waals surface area (Å²) in [6, 6.07) is 9.86. The highest BCUT2D eigenvalue weighted by Gasteiger charge is 2.24. The lowest BCUT2D eigenvalue weighted by Crippen LogP contribution is -2.33. The predicted octanol–water partition coefficient (Wildman–Crippen LogP) is 4.71. The van der Waals surface area contributed by atoms with Gasteiger partial charge in [-0.25, -0.2) is 18.2 Å². The first-order valence-electron chi connectivity index (χ1n) is 11.6. The molecule has 0 atom stereocenters. The highest BCUT2D eigenvalue weighted by molar-refractivity contribution is 7.10. The van der Waals surface area contributed by atoms with E-state index in [0.29, 0.717) is 11.3 Å². The third-order valence-electron chi connectivity index (χ3n) is 5.90. The van der Waals surface area contributed by atoms with Crippen LogP contribution in [-0.2, 0) is 11.3 Å². The fourth-order valence-electron chi connectivity index (χ4n) is 4.06. The fourth-order valence-corrected chi connectivity index (χ4v) is 4.63. The molecule has 2 N–H and O–H groups in total. The Morgan fingerprint density at radius 1 is 1.10 bits per heavy atom. The largest absolute Gasteiger partial charge is 0.348 e. The minimum Gasteiger partial charge on any atom is -0.348 e. The second kappa shape index (κ2) is 10.9. The molecule has 1 aliphatic rings. The highest BCUT2D eigenvalue weighted by Crippen LogP contribution is 2.34. The summed E-state index contributed by atoms with van der Waals surface area (Å²) in [6.45, 7) is -0.135. The van der Waals surface area contributed by atoms with Gasteiger partial charge in [-0.15, -0.1) is 11.3 Å². The fraction of sp³-hybridized carbons (Fsp3) is 0.0714.